The highest BCUT2D eigenvalue weighted by Gasteiger charge is 2.17. The number of esters is 1. The van der Waals surface area contributed by atoms with Gasteiger partial charge in [-0.15, -0.1) is 0 Å². The average Bonchev–Trinajstić information content (AvgIpc) is 2.64. The summed E-state index contributed by atoms with van der Waals surface area (Å²) in [4.78, 5) is 11.7. The molecule has 0 bridgehead atoms. The highest BCUT2D eigenvalue weighted by Crippen LogP contribution is 2.37. The van der Waals surface area contributed by atoms with Gasteiger partial charge in [-0.3, -0.25) is 0 Å². The first-order valence-corrected chi connectivity index (χ1v) is 9.00. The summed E-state index contributed by atoms with van der Waals surface area (Å²) >= 11 is 3.58. The van der Waals surface area contributed by atoms with Crippen molar-refractivity contribution in [3.8, 4) is 5.75 Å². The van der Waals surface area contributed by atoms with E-state index in [-0.39, 0.29) is 18.8 Å². The van der Waals surface area contributed by atoms with Crippen LogP contribution in [0.5, 0.6) is 5.75 Å². The first-order valence-electron chi connectivity index (χ1n) is 8.21. The maximum Gasteiger partial charge on any atom is 0.333 e. The summed E-state index contributed by atoms with van der Waals surface area (Å²) in [6, 6.07) is 15.9. The summed E-state index contributed by atoms with van der Waals surface area (Å²) in [6.07, 6.45) is -0.764. The second-order valence-corrected chi connectivity index (χ2v) is 6.92. The topological polar surface area (TPSA) is 55.8 Å². The number of aliphatic hydroxyl groups is 1. The molecule has 0 amide bonds. The standard InChI is InChI=1S/C21H19BrO4/c1-13(2)21(24)26-15(11-23)12-25-20-16-7-4-3-6-14(16)10-18-17(20)8-5-9-19(18)22/h3-10,15,23H,1,11-12H2,2H3. The predicted molar refractivity (Wildman–Crippen MR) is 106 cm³/mol. The van der Waals surface area contributed by atoms with Crippen LogP contribution < -0.4 is 4.74 Å². The Labute approximate surface area is 160 Å². The number of benzene rings is 3. The zero-order chi connectivity index (χ0) is 18.7. The lowest BCUT2D eigenvalue weighted by Gasteiger charge is -2.19. The smallest absolute Gasteiger partial charge is 0.333 e. The predicted octanol–water partition coefficient (Wildman–Crippen LogP) is 4.61. The molecule has 0 saturated carbocycles. The molecule has 0 aliphatic carbocycles. The van der Waals surface area contributed by atoms with Crippen LogP contribution in [0.1, 0.15) is 6.92 Å². The van der Waals surface area contributed by atoms with Gasteiger partial charge in [0.25, 0.3) is 0 Å². The Kier molecular flexibility index (Phi) is 5.59. The first kappa shape index (κ1) is 18.4. The molecule has 0 aliphatic rings. The number of fused-ring (bicyclic) bond motifs is 2. The van der Waals surface area contributed by atoms with Gasteiger partial charge in [0.05, 0.1) is 6.61 Å². The summed E-state index contributed by atoms with van der Waals surface area (Å²) in [7, 11) is 0. The molecule has 26 heavy (non-hydrogen) atoms. The number of carbonyl (C=O) groups excluding carboxylic acids is 1. The number of carbonyl (C=O) groups is 1. The molecular weight excluding hydrogens is 396 g/mol. The van der Waals surface area contributed by atoms with E-state index in [0.29, 0.717) is 5.75 Å². The van der Waals surface area contributed by atoms with Crippen LogP contribution in [0.2, 0.25) is 0 Å². The van der Waals surface area contributed by atoms with Gasteiger partial charge in [-0.25, -0.2) is 4.79 Å². The quantitative estimate of drug-likeness (QED) is 0.363. The number of halogens is 1. The van der Waals surface area contributed by atoms with E-state index in [1.807, 2.05) is 42.5 Å². The van der Waals surface area contributed by atoms with Crippen LogP contribution in [-0.4, -0.2) is 30.4 Å². The van der Waals surface area contributed by atoms with E-state index < -0.39 is 12.1 Å². The third-order valence-corrected chi connectivity index (χ3v) is 4.73. The molecule has 4 nitrogen and oxygen atoms in total. The van der Waals surface area contributed by atoms with Crippen LogP contribution in [-0.2, 0) is 9.53 Å². The molecule has 1 N–H and O–H groups in total. The second kappa shape index (κ2) is 7.89. The van der Waals surface area contributed by atoms with E-state index in [9.17, 15) is 9.90 Å². The number of rotatable bonds is 6. The van der Waals surface area contributed by atoms with Crippen molar-refractivity contribution in [3.63, 3.8) is 0 Å². The number of hydrogen-bond donors (Lipinski definition) is 1. The number of aliphatic hydroxyl groups excluding tert-OH is 1. The molecule has 0 saturated heterocycles. The molecule has 0 radical (unpaired) electrons. The Morgan fingerprint density at radius 3 is 2.62 bits per heavy atom. The number of hydrogen-bond acceptors (Lipinski definition) is 4. The van der Waals surface area contributed by atoms with Crippen LogP contribution >= 0.6 is 15.9 Å². The van der Waals surface area contributed by atoms with Crippen molar-refractivity contribution in [1.29, 1.82) is 0 Å². The van der Waals surface area contributed by atoms with Crippen molar-refractivity contribution in [2.24, 2.45) is 0 Å². The maximum atomic E-state index is 11.7. The van der Waals surface area contributed by atoms with Crippen molar-refractivity contribution >= 4 is 43.4 Å². The lowest BCUT2D eigenvalue weighted by atomic mass is 10.0. The normalized spacial score (nSPS) is 12.1. The van der Waals surface area contributed by atoms with Crippen LogP contribution in [0.25, 0.3) is 21.5 Å². The second-order valence-electron chi connectivity index (χ2n) is 6.06. The van der Waals surface area contributed by atoms with Crippen molar-refractivity contribution < 1.29 is 19.4 Å². The molecule has 5 heteroatoms. The van der Waals surface area contributed by atoms with Crippen LogP contribution in [0.3, 0.4) is 0 Å². The van der Waals surface area contributed by atoms with Gasteiger partial charge < -0.3 is 14.6 Å². The van der Waals surface area contributed by atoms with Crippen molar-refractivity contribution in [1.82, 2.24) is 0 Å². The van der Waals surface area contributed by atoms with Gasteiger partial charge in [0.2, 0.25) is 0 Å². The third-order valence-electron chi connectivity index (χ3n) is 4.04. The van der Waals surface area contributed by atoms with E-state index in [1.165, 1.54) is 0 Å². The monoisotopic (exact) mass is 414 g/mol. The first-order chi connectivity index (χ1) is 12.5. The molecule has 0 spiro atoms. The molecule has 3 aromatic rings. The van der Waals surface area contributed by atoms with E-state index in [1.54, 1.807) is 6.92 Å². The Hall–Kier alpha value is -2.37. The van der Waals surface area contributed by atoms with E-state index in [0.717, 1.165) is 26.0 Å². The maximum absolute atomic E-state index is 11.7. The Morgan fingerprint density at radius 2 is 1.88 bits per heavy atom. The SMILES string of the molecule is C=C(C)C(=O)OC(CO)COc1c2ccccc2cc2c(Br)cccc12. The third kappa shape index (κ3) is 3.74. The summed E-state index contributed by atoms with van der Waals surface area (Å²) in [5.41, 5.74) is 0.281. The number of ether oxygens (including phenoxy) is 2. The largest absolute Gasteiger partial charge is 0.488 e. The van der Waals surface area contributed by atoms with Gasteiger partial charge >= 0.3 is 5.97 Å². The van der Waals surface area contributed by atoms with Crippen LogP contribution in [0.15, 0.2) is 65.2 Å². The van der Waals surface area contributed by atoms with Crippen LogP contribution in [0.4, 0.5) is 0 Å². The van der Waals surface area contributed by atoms with E-state index in [4.69, 9.17) is 9.47 Å². The minimum atomic E-state index is -0.764. The molecule has 1 atom stereocenters. The molecule has 0 fully saturated rings. The Balaban J connectivity index is 1.98. The molecule has 3 rings (SSSR count). The minimum absolute atomic E-state index is 0.0468. The average molecular weight is 415 g/mol. The molecule has 0 aliphatic heterocycles. The molecular formula is C21H19BrO4. The zero-order valence-corrected chi connectivity index (χ0v) is 16.0. The highest BCUT2D eigenvalue weighted by molar-refractivity contribution is 9.10. The fourth-order valence-electron chi connectivity index (χ4n) is 2.72. The lowest BCUT2D eigenvalue weighted by Crippen LogP contribution is -2.28. The van der Waals surface area contributed by atoms with Gasteiger partial charge in [0.1, 0.15) is 12.4 Å². The highest BCUT2D eigenvalue weighted by atomic mass is 79.9. The lowest BCUT2D eigenvalue weighted by molar-refractivity contribution is -0.147. The van der Waals surface area contributed by atoms with Gasteiger partial charge in [-0.1, -0.05) is 58.9 Å². The van der Waals surface area contributed by atoms with Crippen molar-refractivity contribution in [3.05, 3.63) is 65.2 Å². The zero-order valence-electron chi connectivity index (χ0n) is 14.4. The van der Waals surface area contributed by atoms with Gasteiger partial charge in [0.15, 0.2) is 6.10 Å². The molecule has 1 unspecified atom stereocenters. The Bertz CT molecular complexity index is 980. The van der Waals surface area contributed by atoms with E-state index in [2.05, 4.69) is 28.6 Å². The summed E-state index contributed by atoms with van der Waals surface area (Å²) in [6.45, 7) is 4.83. The molecule has 0 heterocycles. The van der Waals surface area contributed by atoms with Gasteiger partial charge in [-0.05, 0) is 24.4 Å². The fourth-order valence-corrected chi connectivity index (χ4v) is 3.20. The van der Waals surface area contributed by atoms with Gasteiger partial charge in [0, 0.05) is 26.2 Å². The van der Waals surface area contributed by atoms with Crippen molar-refractivity contribution in [2.45, 2.75) is 13.0 Å². The molecule has 3 aromatic carbocycles. The summed E-state index contributed by atoms with van der Waals surface area (Å²) < 4.78 is 12.2. The molecule has 134 valence electrons. The molecule has 0 aromatic heterocycles. The summed E-state index contributed by atoms with van der Waals surface area (Å²) in [5, 5.41) is 13.5. The van der Waals surface area contributed by atoms with Crippen LogP contribution in [0, 0.1) is 0 Å². The fraction of sp³-hybridized carbons (Fsp3) is 0.190. The van der Waals surface area contributed by atoms with Gasteiger partial charge in [-0.2, -0.15) is 0 Å². The van der Waals surface area contributed by atoms with E-state index >= 15 is 0 Å². The minimum Gasteiger partial charge on any atom is -0.488 e. The van der Waals surface area contributed by atoms with Crippen molar-refractivity contribution in [2.75, 3.05) is 13.2 Å². The summed E-state index contributed by atoms with van der Waals surface area (Å²) in [5.74, 6) is 0.155. The Morgan fingerprint density at radius 1 is 1.15 bits per heavy atom.